The Labute approximate surface area is 390 Å². The van der Waals surface area contributed by atoms with Crippen LogP contribution in [0.4, 0.5) is 17.1 Å². The molecule has 1 aromatic heterocycles. The van der Waals surface area contributed by atoms with Gasteiger partial charge in [0.2, 0.25) is 0 Å². The molecule has 0 fully saturated rings. The fourth-order valence-corrected chi connectivity index (χ4v) is 15.6. The second-order valence-electron chi connectivity index (χ2n) is 17.6. The van der Waals surface area contributed by atoms with Gasteiger partial charge in [-0.25, -0.2) is 0 Å². The van der Waals surface area contributed by atoms with Crippen LogP contribution in [0.25, 0.3) is 76.5 Å². The highest BCUT2D eigenvalue weighted by atomic mass is 28.3. The summed E-state index contributed by atoms with van der Waals surface area (Å²) in [5.74, 6) is 0. The van der Waals surface area contributed by atoms with Crippen molar-refractivity contribution < 1.29 is 4.42 Å². The van der Waals surface area contributed by atoms with Crippen LogP contribution < -0.4 is 25.6 Å². The van der Waals surface area contributed by atoms with E-state index in [4.69, 9.17) is 4.42 Å². The van der Waals surface area contributed by atoms with Gasteiger partial charge in [0.05, 0.1) is 0 Å². The van der Waals surface area contributed by atoms with Gasteiger partial charge < -0.3 is 9.32 Å². The lowest BCUT2D eigenvalue weighted by atomic mass is 9.93. The van der Waals surface area contributed by atoms with Crippen molar-refractivity contribution in [1.82, 2.24) is 0 Å². The van der Waals surface area contributed by atoms with E-state index in [1.54, 1.807) is 0 Å². The molecule has 0 saturated carbocycles. The number of nitrogens with zero attached hydrogens (tertiary/aromatic N) is 1. The van der Waals surface area contributed by atoms with Crippen molar-refractivity contribution in [2.45, 2.75) is 0 Å². The van der Waals surface area contributed by atoms with Crippen LogP contribution in [0.3, 0.4) is 0 Å². The molecule has 13 rings (SSSR count). The standard InChI is InChI=1S/C64H43NOSi/c1-4-16-54(17-5-1)67(55-18-6-2-7-19-55,56-20-8-3-9-21-56)57-40-34-45(35-41-57)44-30-36-51(37-31-44)65(53-42-49-28-26-47-14-12-15-48-27-29-50(43-53)63(49)62(47)48)52-38-32-46(33-39-52)58-23-13-24-60-59-22-10-11-25-61(59)66-64(58)60/h1-43H. The molecule has 67 heavy (non-hydrogen) atoms. The van der Waals surface area contributed by atoms with E-state index in [0.717, 1.165) is 50.1 Å². The fraction of sp³-hybridized carbons (Fsp3) is 0. The predicted octanol–water partition coefficient (Wildman–Crippen LogP) is 14.7. The van der Waals surface area contributed by atoms with Gasteiger partial charge in [-0.1, -0.05) is 218 Å². The van der Waals surface area contributed by atoms with E-state index in [1.165, 1.54) is 64.2 Å². The maximum absolute atomic E-state index is 6.47. The summed E-state index contributed by atoms with van der Waals surface area (Å²) >= 11 is 0. The van der Waals surface area contributed by atoms with E-state index in [0.29, 0.717) is 0 Å². The van der Waals surface area contributed by atoms with Crippen LogP contribution in [0.5, 0.6) is 0 Å². The van der Waals surface area contributed by atoms with Gasteiger partial charge in [0.25, 0.3) is 0 Å². The third kappa shape index (κ3) is 6.39. The van der Waals surface area contributed by atoms with Crippen LogP contribution in [0, 0.1) is 0 Å². The Morgan fingerprint density at radius 2 is 0.731 bits per heavy atom. The van der Waals surface area contributed by atoms with Gasteiger partial charge >= 0.3 is 0 Å². The Balaban J connectivity index is 0.913. The third-order valence-corrected chi connectivity index (χ3v) is 18.7. The maximum atomic E-state index is 6.47. The van der Waals surface area contributed by atoms with Crippen molar-refractivity contribution in [3.63, 3.8) is 0 Å². The number of para-hydroxylation sites is 2. The molecule has 3 heteroatoms. The first-order valence-electron chi connectivity index (χ1n) is 23.1. The molecule has 314 valence electrons. The Kier molecular flexibility index (Phi) is 9.22. The molecular formula is C64H43NOSi. The third-order valence-electron chi connectivity index (χ3n) is 13.9. The average molecular weight is 870 g/mol. The summed E-state index contributed by atoms with van der Waals surface area (Å²) in [6, 6.07) is 95.9. The van der Waals surface area contributed by atoms with E-state index in [-0.39, 0.29) is 0 Å². The highest BCUT2D eigenvalue weighted by molar-refractivity contribution is 7.19. The van der Waals surface area contributed by atoms with Gasteiger partial charge in [-0.2, -0.15) is 0 Å². The van der Waals surface area contributed by atoms with E-state index in [9.17, 15) is 0 Å². The lowest BCUT2D eigenvalue weighted by molar-refractivity contribution is 0.670. The summed E-state index contributed by atoms with van der Waals surface area (Å²) in [5.41, 5.74) is 9.65. The fourth-order valence-electron chi connectivity index (χ4n) is 10.9. The molecule has 0 radical (unpaired) electrons. The van der Waals surface area contributed by atoms with Gasteiger partial charge in [-0.15, -0.1) is 0 Å². The van der Waals surface area contributed by atoms with E-state index in [2.05, 4.69) is 254 Å². The number of anilines is 3. The summed E-state index contributed by atoms with van der Waals surface area (Å²) in [5, 5.41) is 15.4. The molecule has 13 aromatic rings. The van der Waals surface area contributed by atoms with Crippen molar-refractivity contribution in [3.05, 3.63) is 261 Å². The molecule has 0 spiro atoms. The van der Waals surface area contributed by atoms with Crippen LogP contribution >= 0.6 is 0 Å². The van der Waals surface area contributed by atoms with Gasteiger partial charge in [0.1, 0.15) is 11.2 Å². The van der Waals surface area contributed by atoms with Crippen LogP contribution in [-0.2, 0) is 0 Å². The van der Waals surface area contributed by atoms with Gasteiger partial charge in [-0.05, 0) is 112 Å². The molecule has 0 aliphatic heterocycles. The molecule has 1 heterocycles. The molecule has 0 aliphatic rings. The van der Waals surface area contributed by atoms with Crippen LogP contribution in [0.1, 0.15) is 0 Å². The first kappa shape index (κ1) is 38.9. The molecule has 0 aliphatic carbocycles. The minimum Gasteiger partial charge on any atom is -0.455 e. The maximum Gasteiger partial charge on any atom is 0.179 e. The zero-order chi connectivity index (χ0) is 44.3. The Bertz CT molecular complexity index is 3720. The smallest absolute Gasteiger partial charge is 0.179 e. The highest BCUT2D eigenvalue weighted by Gasteiger charge is 2.41. The number of benzene rings is 12. The molecule has 0 saturated heterocycles. The van der Waals surface area contributed by atoms with Crippen molar-refractivity contribution in [3.8, 4) is 22.3 Å². The number of hydrogen-bond donors (Lipinski definition) is 0. The monoisotopic (exact) mass is 869 g/mol. The van der Waals surface area contributed by atoms with Crippen LogP contribution in [0.2, 0.25) is 0 Å². The SMILES string of the molecule is c1ccc([Si](c2ccccc2)(c2ccccc2)c2ccc(-c3ccc(N(c4ccc(-c5cccc6c5oc5ccccc56)cc4)c4cc5ccc6cccc7ccc(c4)c5c67)cc3)cc2)cc1. The van der Waals surface area contributed by atoms with Crippen molar-refractivity contribution in [2.24, 2.45) is 0 Å². The predicted molar refractivity (Wildman–Crippen MR) is 287 cm³/mol. The van der Waals surface area contributed by atoms with Gasteiger partial charge in [-0.3, -0.25) is 0 Å². The number of fused-ring (bicyclic) bond motifs is 3. The first-order valence-corrected chi connectivity index (χ1v) is 25.1. The molecule has 0 unspecified atom stereocenters. The zero-order valence-corrected chi connectivity index (χ0v) is 37.7. The van der Waals surface area contributed by atoms with Crippen LogP contribution in [-0.4, -0.2) is 8.07 Å². The zero-order valence-electron chi connectivity index (χ0n) is 36.7. The van der Waals surface area contributed by atoms with Gasteiger partial charge in [0.15, 0.2) is 8.07 Å². The summed E-state index contributed by atoms with van der Waals surface area (Å²) in [7, 11) is -2.63. The van der Waals surface area contributed by atoms with Crippen molar-refractivity contribution >= 4 is 100 Å². The molecule has 0 atom stereocenters. The lowest BCUT2D eigenvalue weighted by Gasteiger charge is -2.34. The lowest BCUT2D eigenvalue weighted by Crippen LogP contribution is -2.74. The highest BCUT2D eigenvalue weighted by Crippen LogP contribution is 2.43. The second kappa shape index (κ2) is 15.9. The second-order valence-corrected chi connectivity index (χ2v) is 21.4. The topological polar surface area (TPSA) is 16.4 Å². The minimum absolute atomic E-state index is 0.905. The van der Waals surface area contributed by atoms with Crippen molar-refractivity contribution in [1.29, 1.82) is 0 Å². The van der Waals surface area contributed by atoms with Gasteiger partial charge in [0, 0.05) is 33.4 Å². The summed E-state index contributed by atoms with van der Waals surface area (Å²) < 4.78 is 6.47. The summed E-state index contributed by atoms with van der Waals surface area (Å²) in [6.07, 6.45) is 0. The average Bonchev–Trinajstić information content (AvgIpc) is 3.79. The molecule has 0 bridgehead atoms. The normalized spacial score (nSPS) is 11.9. The first-order chi connectivity index (χ1) is 33.2. The molecule has 0 N–H and O–H groups in total. The Morgan fingerprint density at radius 1 is 0.299 bits per heavy atom. The number of hydrogen-bond acceptors (Lipinski definition) is 2. The Hall–Kier alpha value is -8.50. The van der Waals surface area contributed by atoms with E-state index >= 15 is 0 Å². The summed E-state index contributed by atoms with van der Waals surface area (Å²) in [4.78, 5) is 2.40. The molecule has 0 amide bonds. The minimum atomic E-state index is -2.63. The molecule has 12 aromatic carbocycles. The van der Waals surface area contributed by atoms with E-state index < -0.39 is 8.07 Å². The Morgan fingerprint density at radius 3 is 1.30 bits per heavy atom. The number of furan rings is 1. The van der Waals surface area contributed by atoms with E-state index in [1.807, 2.05) is 12.1 Å². The van der Waals surface area contributed by atoms with Crippen LogP contribution in [0.15, 0.2) is 265 Å². The largest absolute Gasteiger partial charge is 0.455 e. The number of rotatable bonds is 9. The molecule has 2 nitrogen and oxygen atoms in total. The molecular weight excluding hydrogens is 827 g/mol. The van der Waals surface area contributed by atoms with Crippen molar-refractivity contribution in [2.75, 3.05) is 4.90 Å². The summed E-state index contributed by atoms with van der Waals surface area (Å²) in [6.45, 7) is 0. The quantitative estimate of drug-likeness (QED) is 0.0816.